The largest absolute Gasteiger partial charge is 0.466 e. The second-order valence-corrected chi connectivity index (χ2v) is 4.18. The molecule has 0 rings (SSSR count). The molecule has 0 aromatic rings. The van der Waals surface area contributed by atoms with Gasteiger partial charge < -0.3 is 19.3 Å². The standard InChI is InChI=1S/C13H22O7/c1-5-18-10(14)8-9(11(15)19-6-2)13(4,17)12(16)20-7-3/h9,17H,5-8H2,1-4H3/t9?,13-/m0/s1. The number of aliphatic hydroxyl groups is 1. The van der Waals surface area contributed by atoms with E-state index in [0.717, 1.165) is 6.92 Å². The Morgan fingerprint density at radius 2 is 1.50 bits per heavy atom. The zero-order valence-corrected chi connectivity index (χ0v) is 12.3. The summed E-state index contributed by atoms with van der Waals surface area (Å²) < 4.78 is 14.2. The molecule has 0 spiro atoms. The van der Waals surface area contributed by atoms with E-state index in [-0.39, 0.29) is 19.8 Å². The van der Waals surface area contributed by atoms with Crippen LogP contribution in [0.25, 0.3) is 0 Å². The molecule has 20 heavy (non-hydrogen) atoms. The van der Waals surface area contributed by atoms with Gasteiger partial charge in [0.25, 0.3) is 0 Å². The van der Waals surface area contributed by atoms with Crippen LogP contribution >= 0.6 is 0 Å². The Morgan fingerprint density at radius 1 is 1.00 bits per heavy atom. The number of hydrogen-bond donors (Lipinski definition) is 1. The molecule has 0 fully saturated rings. The Bertz CT molecular complexity index is 349. The van der Waals surface area contributed by atoms with Crippen LogP contribution in [0, 0.1) is 5.92 Å². The van der Waals surface area contributed by atoms with Gasteiger partial charge in [0, 0.05) is 0 Å². The summed E-state index contributed by atoms with van der Waals surface area (Å²) in [6.07, 6.45) is -0.460. The molecule has 0 aliphatic carbocycles. The number of rotatable bonds is 8. The Balaban J connectivity index is 5.13. The molecule has 0 radical (unpaired) electrons. The van der Waals surface area contributed by atoms with Crippen LogP contribution in [0.3, 0.4) is 0 Å². The van der Waals surface area contributed by atoms with Gasteiger partial charge >= 0.3 is 17.9 Å². The number of esters is 3. The van der Waals surface area contributed by atoms with E-state index in [1.165, 1.54) is 0 Å². The zero-order chi connectivity index (χ0) is 15.8. The summed E-state index contributed by atoms with van der Waals surface area (Å²) in [5.41, 5.74) is -2.16. The molecule has 116 valence electrons. The zero-order valence-electron chi connectivity index (χ0n) is 12.3. The van der Waals surface area contributed by atoms with E-state index in [4.69, 9.17) is 14.2 Å². The quantitative estimate of drug-likeness (QED) is 0.511. The highest BCUT2D eigenvalue weighted by Crippen LogP contribution is 2.24. The van der Waals surface area contributed by atoms with Crippen LogP contribution in [-0.2, 0) is 28.6 Å². The number of ether oxygens (including phenoxy) is 3. The lowest BCUT2D eigenvalue weighted by atomic mass is 9.86. The van der Waals surface area contributed by atoms with Crippen molar-refractivity contribution >= 4 is 17.9 Å². The first kappa shape index (κ1) is 18.4. The van der Waals surface area contributed by atoms with Crippen LogP contribution in [0.1, 0.15) is 34.1 Å². The average molecular weight is 290 g/mol. The molecule has 0 saturated heterocycles. The van der Waals surface area contributed by atoms with Crippen LogP contribution in [-0.4, -0.2) is 48.4 Å². The SMILES string of the molecule is CCOC(=O)CC(C(=O)OCC)[C@](C)(O)C(=O)OCC. The van der Waals surface area contributed by atoms with Crippen LogP contribution in [0.15, 0.2) is 0 Å². The van der Waals surface area contributed by atoms with E-state index in [2.05, 4.69) is 0 Å². The summed E-state index contributed by atoms with van der Waals surface area (Å²) >= 11 is 0. The van der Waals surface area contributed by atoms with Gasteiger partial charge in [0.15, 0.2) is 5.60 Å². The fraction of sp³-hybridized carbons (Fsp3) is 0.769. The first-order chi connectivity index (χ1) is 9.31. The van der Waals surface area contributed by atoms with Crippen molar-refractivity contribution in [3.05, 3.63) is 0 Å². The molecule has 7 nitrogen and oxygen atoms in total. The number of carbonyl (C=O) groups is 3. The van der Waals surface area contributed by atoms with Crippen molar-refractivity contribution in [3.63, 3.8) is 0 Å². The molecule has 7 heteroatoms. The van der Waals surface area contributed by atoms with Crippen LogP contribution in [0.2, 0.25) is 0 Å². The molecule has 0 amide bonds. The topological polar surface area (TPSA) is 99.1 Å². The molecule has 1 N–H and O–H groups in total. The van der Waals surface area contributed by atoms with Gasteiger partial charge in [-0.1, -0.05) is 0 Å². The normalized spacial score (nSPS) is 14.8. The van der Waals surface area contributed by atoms with Crippen molar-refractivity contribution in [2.45, 2.75) is 39.7 Å². The lowest BCUT2D eigenvalue weighted by Crippen LogP contribution is -2.49. The second kappa shape index (κ2) is 8.52. The number of carbonyl (C=O) groups excluding carboxylic acids is 3. The van der Waals surface area contributed by atoms with E-state index < -0.39 is 35.8 Å². The van der Waals surface area contributed by atoms with Gasteiger partial charge in [-0.3, -0.25) is 9.59 Å². The minimum Gasteiger partial charge on any atom is -0.466 e. The molecule has 0 saturated carbocycles. The lowest BCUT2D eigenvalue weighted by molar-refractivity contribution is -0.181. The van der Waals surface area contributed by atoms with E-state index in [0.29, 0.717) is 0 Å². The third-order valence-corrected chi connectivity index (χ3v) is 2.61. The molecule has 1 unspecified atom stereocenters. The predicted octanol–water partition coefficient (Wildman–Crippen LogP) is 0.433. The third kappa shape index (κ3) is 5.16. The van der Waals surface area contributed by atoms with Gasteiger partial charge in [0.05, 0.1) is 26.2 Å². The monoisotopic (exact) mass is 290 g/mol. The van der Waals surface area contributed by atoms with E-state index >= 15 is 0 Å². The van der Waals surface area contributed by atoms with Crippen molar-refractivity contribution in [1.82, 2.24) is 0 Å². The molecule has 0 aliphatic rings. The average Bonchev–Trinajstić information content (AvgIpc) is 2.36. The Kier molecular flexibility index (Phi) is 7.83. The van der Waals surface area contributed by atoms with Gasteiger partial charge in [-0.2, -0.15) is 0 Å². The highest BCUT2D eigenvalue weighted by molar-refractivity contribution is 5.89. The summed E-state index contributed by atoms with van der Waals surface area (Å²) in [7, 11) is 0. The molecule has 0 aliphatic heterocycles. The van der Waals surface area contributed by atoms with E-state index in [1.807, 2.05) is 0 Å². The van der Waals surface area contributed by atoms with Crippen LogP contribution < -0.4 is 0 Å². The lowest BCUT2D eigenvalue weighted by Gasteiger charge is -2.28. The van der Waals surface area contributed by atoms with Gasteiger partial charge in [-0.15, -0.1) is 0 Å². The molecule has 0 aromatic heterocycles. The summed E-state index contributed by atoms with van der Waals surface area (Å²) in [6.45, 7) is 6.13. The van der Waals surface area contributed by atoms with Gasteiger partial charge in [0.2, 0.25) is 0 Å². The van der Waals surface area contributed by atoms with Gasteiger partial charge in [0.1, 0.15) is 5.92 Å². The Hall–Kier alpha value is -1.63. The van der Waals surface area contributed by atoms with Crippen LogP contribution in [0.5, 0.6) is 0 Å². The maximum Gasteiger partial charge on any atom is 0.338 e. The molecule has 0 aromatic carbocycles. The minimum atomic E-state index is -2.16. The minimum absolute atomic E-state index is 0.0456. The molecule has 0 bridgehead atoms. The van der Waals surface area contributed by atoms with Crippen molar-refractivity contribution in [1.29, 1.82) is 0 Å². The van der Waals surface area contributed by atoms with Gasteiger partial charge in [-0.05, 0) is 27.7 Å². The Morgan fingerprint density at radius 3 is 1.95 bits per heavy atom. The Labute approximate surface area is 118 Å². The van der Waals surface area contributed by atoms with Crippen molar-refractivity contribution in [2.24, 2.45) is 5.92 Å². The van der Waals surface area contributed by atoms with Crippen molar-refractivity contribution < 1.29 is 33.7 Å². The maximum atomic E-state index is 11.8. The maximum absolute atomic E-state index is 11.8. The van der Waals surface area contributed by atoms with Crippen molar-refractivity contribution in [3.8, 4) is 0 Å². The predicted molar refractivity (Wildman–Crippen MR) is 68.6 cm³/mol. The van der Waals surface area contributed by atoms with Crippen LogP contribution in [0.4, 0.5) is 0 Å². The number of hydrogen-bond acceptors (Lipinski definition) is 7. The van der Waals surface area contributed by atoms with E-state index in [1.54, 1.807) is 20.8 Å². The van der Waals surface area contributed by atoms with Crippen molar-refractivity contribution in [2.75, 3.05) is 19.8 Å². The van der Waals surface area contributed by atoms with Gasteiger partial charge in [-0.25, -0.2) is 4.79 Å². The summed E-state index contributed by atoms with van der Waals surface area (Å²) in [6, 6.07) is 0. The summed E-state index contributed by atoms with van der Waals surface area (Å²) in [5, 5.41) is 10.2. The second-order valence-electron chi connectivity index (χ2n) is 4.18. The molecular formula is C13H22O7. The summed E-state index contributed by atoms with van der Waals surface area (Å²) in [4.78, 5) is 35.1. The third-order valence-electron chi connectivity index (χ3n) is 2.61. The highest BCUT2D eigenvalue weighted by atomic mass is 16.6. The molecular weight excluding hydrogens is 268 g/mol. The highest BCUT2D eigenvalue weighted by Gasteiger charge is 2.47. The molecule has 2 atom stereocenters. The first-order valence-electron chi connectivity index (χ1n) is 6.52. The first-order valence-corrected chi connectivity index (χ1v) is 6.52. The fourth-order valence-electron chi connectivity index (χ4n) is 1.56. The summed E-state index contributed by atoms with van der Waals surface area (Å²) in [5.74, 6) is -3.91. The van der Waals surface area contributed by atoms with E-state index in [9.17, 15) is 19.5 Å². The smallest absolute Gasteiger partial charge is 0.338 e. The fourth-order valence-corrected chi connectivity index (χ4v) is 1.56. The molecule has 0 heterocycles.